The Balaban J connectivity index is 0.000000224. The number of amides is 2. The molecule has 0 saturated carbocycles. The van der Waals surface area contributed by atoms with Gasteiger partial charge in [-0.2, -0.15) is 0 Å². The Bertz CT molecular complexity index is 2540. The molecule has 5 aromatic rings. The van der Waals surface area contributed by atoms with Crippen molar-refractivity contribution in [3.8, 4) is 23.0 Å². The van der Waals surface area contributed by atoms with E-state index in [0.29, 0.717) is 62.7 Å². The number of nitrogens with zero attached hydrogens (tertiary/aromatic N) is 4. The molecule has 3 aliphatic heterocycles. The predicted molar refractivity (Wildman–Crippen MR) is 275 cm³/mol. The van der Waals surface area contributed by atoms with Gasteiger partial charge in [-0.05, 0) is 115 Å². The van der Waals surface area contributed by atoms with Crippen LogP contribution in [0, 0.1) is 0 Å². The molecule has 3 saturated heterocycles. The van der Waals surface area contributed by atoms with Crippen LogP contribution in [-0.2, 0) is 24.8 Å². The Labute approximate surface area is 414 Å². The van der Waals surface area contributed by atoms with Gasteiger partial charge < -0.3 is 48.4 Å². The lowest BCUT2D eigenvalue weighted by Gasteiger charge is -2.35. The third-order valence-electron chi connectivity index (χ3n) is 11.7. The highest BCUT2D eigenvalue weighted by molar-refractivity contribution is 6.35. The summed E-state index contributed by atoms with van der Waals surface area (Å²) in [5.41, 5.74) is 4.79. The maximum atomic E-state index is 12.7. The Morgan fingerprint density at radius 2 is 1.10 bits per heavy atom. The van der Waals surface area contributed by atoms with Gasteiger partial charge in [-0.25, -0.2) is 0 Å². The van der Waals surface area contributed by atoms with E-state index in [9.17, 15) is 14.7 Å². The summed E-state index contributed by atoms with van der Waals surface area (Å²) < 4.78 is 29.1. The number of anilines is 2. The summed E-state index contributed by atoms with van der Waals surface area (Å²) in [5, 5.41) is 10.4. The number of aromatic hydroxyl groups is 1. The molecule has 0 spiro atoms. The summed E-state index contributed by atoms with van der Waals surface area (Å²) in [5.74, 6) is 1.65. The largest absolute Gasteiger partial charge is 0.508 e. The molecule has 1 N–H and O–H groups in total. The fourth-order valence-corrected chi connectivity index (χ4v) is 8.48. The van der Waals surface area contributed by atoms with Crippen molar-refractivity contribution < 1.29 is 38.4 Å². The number of carbonyl (C=O) groups is 2. The maximum absolute atomic E-state index is 12.7. The monoisotopic (exact) mass is 972 g/mol. The van der Waals surface area contributed by atoms with Crippen LogP contribution in [-0.4, -0.2) is 112 Å². The van der Waals surface area contributed by atoms with E-state index in [2.05, 4.69) is 23.0 Å². The van der Waals surface area contributed by atoms with Gasteiger partial charge in [-0.15, -0.1) is 0 Å². The summed E-state index contributed by atoms with van der Waals surface area (Å²) in [6, 6.07) is 35.6. The number of rotatable bonds is 16. The van der Waals surface area contributed by atoms with Crippen LogP contribution in [0.5, 0.6) is 23.0 Å². The molecule has 0 aliphatic carbocycles. The average molecular weight is 974 g/mol. The zero-order valence-corrected chi connectivity index (χ0v) is 40.3. The van der Waals surface area contributed by atoms with Crippen LogP contribution in [0.15, 0.2) is 153 Å². The minimum Gasteiger partial charge on any atom is -0.508 e. The smallest absolute Gasteiger partial charge is 0.246 e. The van der Waals surface area contributed by atoms with Gasteiger partial charge in [0.15, 0.2) is 5.79 Å². The first-order valence-electron chi connectivity index (χ1n) is 22.9. The quantitative estimate of drug-likeness (QED) is 0.0758. The average Bonchev–Trinajstić information content (AvgIpc) is 3.77. The van der Waals surface area contributed by atoms with Crippen molar-refractivity contribution in [1.29, 1.82) is 0 Å². The molecule has 0 radical (unpaired) electrons. The SMILES string of the molecule is C=CCOc1ccc(/C=C/C(=O)N2CCN(c3ccc(O)cc3)CC2)cc1.C=CCOc1ccc(/C=C/C(=O)N2CCN(c3ccc(OC[C@@H]4CO[C@](C)(c5ccc(Cl)cc5Cl)O4)cc3)CC2)cc1. The first kappa shape index (κ1) is 50.2. The molecule has 69 heavy (non-hydrogen) atoms. The number of piperazine rings is 2. The third kappa shape index (κ3) is 14.4. The van der Waals surface area contributed by atoms with Crippen LogP contribution in [0.1, 0.15) is 23.6 Å². The second-order valence-electron chi connectivity index (χ2n) is 16.6. The van der Waals surface area contributed by atoms with Gasteiger partial charge in [-0.3, -0.25) is 9.59 Å². The van der Waals surface area contributed by atoms with Crippen LogP contribution in [0.4, 0.5) is 11.4 Å². The second-order valence-corrected chi connectivity index (χ2v) is 17.4. The molecule has 12 nitrogen and oxygen atoms in total. The van der Waals surface area contributed by atoms with Crippen LogP contribution in [0.3, 0.4) is 0 Å². The summed E-state index contributed by atoms with van der Waals surface area (Å²) >= 11 is 12.4. The van der Waals surface area contributed by atoms with E-state index in [1.807, 2.05) is 120 Å². The van der Waals surface area contributed by atoms with Gasteiger partial charge in [0.2, 0.25) is 11.8 Å². The topological polar surface area (TPSA) is 113 Å². The van der Waals surface area contributed by atoms with Crippen LogP contribution >= 0.6 is 23.2 Å². The number of phenolic OH excluding ortho intramolecular Hbond substituents is 1. The molecular formula is C55H58Cl2N4O8. The number of carbonyl (C=O) groups excluding carboxylic acids is 2. The Morgan fingerprint density at radius 3 is 1.57 bits per heavy atom. The second kappa shape index (κ2) is 24.5. The Morgan fingerprint density at radius 1 is 0.652 bits per heavy atom. The molecule has 14 heteroatoms. The van der Waals surface area contributed by atoms with Crippen LogP contribution in [0.2, 0.25) is 10.0 Å². The lowest BCUT2D eigenvalue weighted by Crippen LogP contribution is -2.48. The summed E-state index contributed by atoms with van der Waals surface area (Å²) in [7, 11) is 0. The van der Waals surface area contributed by atoms with Gasteiger partial charge in [0.05, 0.1) is 11.6 Å². The number of phenols is 1. The van der Waals surface area contributed by atoms with Crippen molar-refractivity contribution in [2.75, 3.05) is 88.6 Å². The Kier molecular flexibility index (Phi) is 17.8. The summed E-state index contributed by atoms with van der Waals surface area (Å²) in [6.45, 7) is 16.5. The number of hydrogen-bond acceptors (Lipinski definition) is 10. The molecule has 3 heterocycles. The molecule has 8 rings (SSSR count). The standard InChI is InChI=1S/C33H34Cl2N2O5.C22H24N2O3/c1-3-20-39-27-10-4-24(5-11-27)6-15-32(38)37-18-16-36(17-19-37)26-8-12-28(13-9-26)40-22-29-23-41-33(2,42-29)30-14-7-25(34)21-31(30)35;1-2-17-27-21-10-3-18(4-11-21)5-12-22(26)24-15-13-23(14-16-24)19-6-8-20(25)9-7-19/h3-15,21,29H,1,16-20,22-23H2,2H3;2-12,25H,1,13-17H2/b15-6+;12-5+/t29-,33+;/m1./s1. The predicted octanol–water partition coefficient (Wildman–Crippen LogP) is 9.91. The zero-order chi connectivity index (χ0) is 48.6. The van der Waals surface area contributed by atoms with E-state index < -0.39 is 5.79 Å². The van der Waals surface area contributed by atoms with E-state index >= 15 is 0 Å². The lowest BCUT2D eigenvalue weighted by molar-refractivity contribution is -0.164. The van der Waals surface area contributed by atoms with E-state index in [-0.39, 0.29) is 23.7 Å². The van der Waals surface area contributed by atoms with Crippen molar-refractivity contribution in [1.82, 2.24) is 9.80 Å². The van der Waals surface area contributed by atoms with Crippen molar-refractivity contribution in [2.24, 2.45) is 0 Å². The lowest BCUT2D eigenvalue weighted by atomic mass is 10.1. The van der Waals surface area contributed by atoms with E-state index in [1.165, 1.54) is 0 Å². The van der Waals surface area contributed by atoms with E-state index in [4.69, 9.17) is 46.9 Å². The molecular weight excluding hydrogens is 916 g/mol. The van der Waals surface area contributed by atoms with Crippen molar-refractivity contribution in [3.63, 3.8) is 0 Å². The van der Waals surface area contributed by atoms with Crippen LogP contribution in [0.25, 0.3) is 12.2 Å². The van der Waals surface area contributed by atoms with Crippen LogP contribution < -0.4 is 24.0 Å². The molecule has 360 valence electrons. The number of halogens is 2. The van der Waals surface area contributed by atoms with E-state index in [0.717, 1.165) is 71.5 Å². The maximum Gasteiger partial charge on any atom is 0.246 e. The number of benzene rings is 5. The molecule has 2 atom stereocenters. The van der Waals surface area contributed by atoms with Gasteiger partial charge in [0.25, 0.3) is 0 Å². The minimum atomic E-state index is -0.953. The van der Waals surface area contributed by atoms with Gasteiger partial charge in [0, 0.05) is 86.5 Å². The molecule has 0 aromatic heterocycles. The minimum absolute atomic E-state index is 0.0120. The van der Waals surface area contributed by atoms with E-state index in [1.54, 1.807) is 48.6 Å². The first-order valence-corrected chi connectivity index (χ1v) is 23.6. The molecule has 5 aromatic carbocycles. The fourth-order valence-electron chi connectivity index (χ4n) is 7.90. The molecule has 2 amide bonds. The van der Waals surface area contributed by atoms with Gasteiger partial charge >= 0.3 is 0 Å². The van der Waals surface area contributed by atoms with Gasteiger partial charge in [-0.1, -0.05) is 78.8 Å². The fraction of sp³-hybridized carbons (Fsp3) is 0.273. The molecule has 0 unspecified atom stereocenters. The number of ether oxygens (including phenoxy) is 5. The number of hydrogen-bond donors (Lipinski definition) is 1. The molecule has 0 bridgehead atoms. The van der Waals surface area contributed by atoms with Gasteiger partial charge in [0.1, 0.15) is 48.9 Å². The highest BCUT2D eigenvalue weighted by atomic mass is 35.5. The summed E-state index contributed by atoms with van der Waals surface area (Å²) in [6.07, 6.45) is 10.1. The first-order chi connectivity index (χ1) is 33.5. The highest BCUT2D eigenvalue weighted by Crippen LogP contribution is 2.39. The Hall–Kier alpha value is -6.70. The van der Waals surface area contributed by atoms with Crippen molar-refractivity contribution >= 4 is 58.5 Å². The van der Waals surface area contributed by atoms with Crippen molar-refractivity contribution in [2.45, 2.75) is 18.8 Å². The zero-order valence-electron chi connectivity index (χ0n) is 38.8. The molecule has 3 fully saturated rings. The third-order valence-corrected chi connectivity index (χ3v) is 12.3. The highest BCUT2D eigenvalue weighted by Gasteiger charge is 2.40. The van der Waals surface area contributed by atoms with Crippen molar-refractivity contribution in [3.05, 3.63) is 179 Å². The normalized spacial score (nSPS) is 18.2. The molecule has 3 aliphatic rings. The summed E-state index contributed by atoms with van der Waals surface area (Å²) in [4.78, 5) is 33.4.